The fourth-order valence-electron chi connectivity index (χ4n) is 3.49. The molecule has 0 aromatic heterocycles. The Morgan fingerprint density at radius 1 is 0.974 bits per heavy atom. The molecule has 1 aliphatic rings. The van der Waals surface area contributed by atoms with Gasteiger partial charge in [-0.15, -0.1) is 0 Å². The van der Waals surface area contributed by atoms with Gasteiger partial charge in [0, 0.05) is 27.2 Å². The van der Waals surface area contributed by atoms with Gasteiger partial charge in [0.2, 0.25) is 5.75 Å². The third kappa shape index (κ3) is 5.42. The second-order valence-electron chi connectivity index (χ2n) is 7.62. The SMILES string of the molecule is COc1cccc(/C=C2/SC(=O)N(Cc3c(Cl)cccc3Cl)C2=O)c1Oc1ccc([N+](=O)[O-])cc1[N+](=O)[O-]. The van der Waals surface area contributed by atoms with E-state index in [9.17, 15) is 29.8 Å². The second-order valence-corrected chi connectivity index (χ2v) is 9.42. The Morgan fingerprint density at radius 3 is 2.29 bits per heavy atom. The average Bonchev–Trinajstić information content (AvgIpc) is 3.14. The van der Waals surface area contributed by atoms with Gasteiger partial charge in [-0.2, -0.15) is 0 Å². The predicted molar refractivity (Wildman–Crippen MR) is 141 cm³/mol. The zero-order valence-electron chi connectivity index (χ0n) is 19.3. The van der Waals surface area contributed by atoms with Gasteiger partial charge in [0.05, 0.1) is 34.5 Å². The molecule has 194 valence electrons. The van der Waals surface area contributed by atoms with Crippen molar-refractivity contribution in [3.63, 3.8) is 0 Å². The molecule has 0 spiro atoms. The molecule has 1 heterocycles. The molecule has 0 aliphatic carbocycles. The van der Waals surface area contributed by atoms with E-state index >= 15 is 0 Å². The minimum Gasteiger partial charge on any atom is -0.493 e. The first kappa shape index (κ1) is 26.9. The van der Waals surface area contributed by atoms with Gasteiger partial charge in [0.25, 0.3) is 16.8 Å². The van der Waals surface area contributed by atoms with Crippen molar-refractivity contribution >= 4 is 63.6 Å². The number of para-hydroxylation sites is 1. The number of rotatable bonds is 8. The number of amides is 2. The Labute approximate surface area is 228 Å². The van der Waals surface area contributed by atoms with Crippen molar-refractivity contribution in [2.24, 2.45) is 0 Å². The molecule has 0 atom stereocenters. The van der Waals surface area contributed by atoms with Crippen LogP contribution in [0.3, 0.4) is 0 Å². The molecule has 38 heavy (non-hydrogen) atoms. The van der Waals surface area contributed by atoms with Gasteiger partial charge in [-0.3, -0.25) is 34.7 Å². The van der Waals surface area contributed by atoms with Crippen LogP contribution in [0.4, 0.5) is 16.2 Å². The molecule has 1 saturated heterocycles. The Morgan fingerprint density at radius 2 is 1.66 bits per heavy atom. The maximum Gasteiger partial charge on any atom is 0.318 e. The zero-order chi connectivity index (χ0) is 27.6. The van der Waals surface area contributed by atoms with Crippen molar-refractivity contribution < 1.29 is 28.9 Å². The summed E-state index contributed by atoms with van der Waals surface area (Å²) < 4.78 is 11.1. The van der Waals surface area contributed by atoms with E-state index in [2.05, 4.69) is 0 Å². The number of hydrogen-bond donors (Lipinski definition) is 0. The van der Waals surface area contributed by atoms with E-state index < -0.39 is 32.4 Å². The number of nitro benzene ring substituents is 2. The molecule has 0 bridgehead atoms. The highest BCUT2D eigenvalue weighted by Crippen LogP contribution is 2.42. The van der Waals surface area contributed by atoms with Gasteiger partial charge in [-0.1, -0.05) is 41.4 Å². The smallest absolute Gasteiger partial charge is 0.318 e. The molecular weight excluding hydrogens is 561 g/mol. The van der Waals surface area contributed by atoms with E-state index in [-0.39, 0.29) is 34.3 Å². The highest BCUT2D eigenvalue weighted by atomic mass is 35.5. The Kier molecular flexibility index (Phi) is 7.86. The van der Waals surface area contributed by atoms with Crippen LogP contribution in [0.1, 0.15) is 11.1 Å². The third-order valence-corrected chi connectivity index (χ3v) is 6.95. The summed E-state index contributed by atoms with van der Waals surface area (Å²) in [4.78, 5) is 47.9. The van der Waals surface area contributed by atoms with E-state index in [1.54, 1.807) is 30.3 Å². The van der Waals surface area contributed by atoms with Gasteiger partial charge in [0.1, 0.15) is 0 Å². The van der Waals surface area contributed by atoms with Crippen LogP contribution in [0.25, 0.3) is 6.08 Å². The van der Waals surface area contributed by atoms with E-state index in [0.29, 0.717) is 27.4 Å². The van der Waals surface area contributed by atoms with Crippen molar-refractivity contribution in [1.82, 2.24) is 4.90 Å². The molecule has 0 unspecified atom stereocenters. The molecule has 11 nitrogen and oxygen atoms in total. The van der Waals surface area contributed by atoms with Gasteiger partial charge in [-0.25, -0.2) is 0 Å². The minimum absolute atomic E-state index is 0.00657. The summed E-state index contributed by atoms with van der Waals surface area (Å²) in [7, 11) is 1.34. The first-order valence-electron chi connectivity index (χ1n) is 10.6. The number of imide groups is 1. The number of carbonyl (C=O) groups excluding carboxylic acids is 2. The molecule has 3 aromatic carbocycles. The van der Waals surface area contributed by atoms with E-state index in [1.165, 1.54) is 19.3 Å². The molecule has 3 aromatic rings. The minimum atomic E-state index is -0.817. The lowest BCUT2D eigenvalue weighted by Gasteiger charge is -2.15. The molecule has 0 radical (unpaired) electrons. The van der Waals surface area contributed by atoms with E-state index in [1.807, 2.05) is 0 Å². The van der Waals surface area contributed by atoms with Crippen LogP contribution >= 0.6 is 35.0 Å². The number of nitrogens with zero attached hydrogens (tertiary/aromatic N) is 3. The summed E-state index contributed by atoms with van der Waals surface area (Å²) in [5.41, 5.74) is -0.460. The lowest BCUT2D eigenvalue weighted by molar-refractivity contribution is -0.394. The number of carbonyl (C=O) groups is 2. The van der Waals surface area contributed by atoms with Crippen LogP contribution in [0.2, 0.25) is 10.0 Å². The largest absolute Gasteiger partial charge is 0.493 e. The number of thioether (sulfide) groups is 1. The zero-order valence-corrected chi connectivity index (χ0v) is 21.6. The molecule has 4 rings (SSSR count). The van der Waals surface area contributed by atoms with Crippen molar-refractivity contribution in [3.05, 3.63) is 101 Å². The van der Waals surface area contributed by atoms with Crippen molar-refractivity contribution in [2.45, 2.75) is 6.54 Å². The van der Waals surface area contributed by atoms with Gasteiger partial charge in [0.15, 0.2) is 11.5 Å². The molecule has 1 aliphatic heterocycles. The number of hydrogen-bond acceptors (Lipinski definition) is 9. The number of benzene rings is 3. The van der Waals surface area contributed by atoms with Gasteiger partial charge in [-0.05, 0) is 42.1 Å². The molecule has 0 saturated carbocycles. The predicted octanol–water partition coefficient (Wildman–Crippen LogP) is 6.85. The van der Waals surface area contributed by atoms with Crippen molar-refractivity contribution in [3.8, 4) is 17.2 Å². The summed E-state index contributed by atoms with van der Waals surface area (Å²) in [5.74, 6) is -0.742. The quantitative estimate of drug-likeness (QED) is 0.160. The van der Waals surface area contributed by atoms with Crippen LogP contribution in [0.5, 0.6) is 17.2 Å². The fraction of sp³-hybridized carbons (Fsp3) is 0.0833. The summed E-state index contributed by atoms with van der Waals surface area (Å²) in [6.07, 6.45) is 1.38. The monoisotopic (exact) mass is 575 g/mol. The Bertz CT molecular complexity index is 1510. The van der Waals surface area contributed by atoms with E-state index in [0.717, 1.165) is 23.1 Å². The first-order chi connectivity index (χ1) is 18.1. The lowest BCUT2D eigenvalue weighted by Crippen LogP contribution is -2.27. The van der Waals surface area contributed by atoms with Crippen LogP contribution in [0, 0.1) is 20.2 Å². The van der Waals surface area contributed by atoms with Crippen LogP contribution in [-0.4, -0.2) is 33.0 Å². The van der Waals surface area contributed by atoms with Gasteiger partial charge >= 0.3 is 5.69 Å². The summed E-state index contributed by atoms with van der Waals surface area (Å²) in [6, 6.07) is 12.4. The molecule has 2 amide bonds. The van der Waals surface area contributed by atoms with Crippen LogP contribution in [-0.2, 0) is 11.3 Å². The molecule has 1 fully saturated rings. The number of nitro groups is 2. The normalized spacial score (nSPS) is 14.2. The average molecular weight is 576 g/mol. The summed E-state index contributed by atoms with van der Waals surface area (Å²) in [6.45, 7) is -0.142. The van der Waals surface area contributed by atoms with Gasteiger partial charge < -0.3 is 9.47 Å². The fourth-order valence-corrected chi connectivity index (χ4v) is 4.84. The molecule has 0 N–H and O–H groups in total. The van der Waals surface area contributed by atoms with Crippen LogP contribution in [0.15, 0.2) is 59.5 Å². The maximum absolute atomic E-state index is 13.1. The number of halogens is 2. The number of ether oxygens (including phenoxy) is 2. The number of methoxy groups -OCH3 is 1. The summed E-state index contributed by atoms with van der Waals surface area (Å²) >= 11 is 13.1. The Balaban J connectivity index is 1.71. The second kappa shape index (κ2) is 11.1. The number of non-ortho nitro benzene ring substituents is 1. The third-order valence-electron chi connectivity index (χ3n) is 5.33. The highest BCUT2D eigenvalue weighted by molar-refractivity contribution is 8.18. The van der Waals surface area contributed by atoms with Crippen molar-refractivity contribution in [1.29, 1.82) is 0 Å². The summed E-state index contributed by atoms with van der Waals surface area (Å²) in [5, 5.41) is 22.7. The molecule has 14 heteroatoms. The lowest BCUT2D eigenvalue weighted by atomic mass is 10.1. The van der Waals surface area contributed by atoms with Crippen molar-refractivity contribution in [2.75, 3.05) is 7.11 Å². The first-order valence-corrected chi connectivity index (χ1v) is 12.1. The molecular formula is C24H15Cl2N3O8S. The topological polar surface area (TPSA) is 142 Å². The highest BCUT2D eigenvalue weighted by Gasteiger charge is 2.36. The van der Waals surface area contributed by atoms with E-state index in [4.69, 9.17) is 32.7 Å². The Hall–Kier alpha value is -4.13. The standard InChI is InChI=1S/C24H15Cl2N3O8S/c1-36-20-7-2-4-13(22(20)37-19-9-8-14(28(32)33)11-18(19)29(34)35)10-21-23(30)27(24(31)38-21)12-15-16(25)5-3-6-17(15)26/h2-11H,12H2,1H3/b21-10+. The van der Waals surface area contributed by atoms with Crippen LogP contribution < -0.4 is 9.47 Å². The maximum atomic E-state index is 13.1.